The van der Waals surface area contributed by atoms with E-state index < -0.39 is 12.0 Å². The summed E-state index contributed by atoms with van der Waals surface area (Å²) < 4.78 is 4.91. The largest absolute Gasteiger partial charge is 0.508 e. The first-order chi connectivity index (χ1) is 9.65. The summed E-state index contributed by atoms with van der Waals surface area (Å²) in [5.74, 6) is -0.243. The molecule has 2 amide bonds. The van der Waals surface area contributed by atoms with Crippen LogP contribution < -0.4 is 15.6 Å². The molecule has 0 spiro atoms. The number of hydrazine groups is 1. The third kappa shape index (κ3) is 3.74. The Balaban J connectivity index is 1.86. The van der Waals surface area contributed by atoms with Gasteiger partial charge in [-0.15, -0.1) is 0 Å². The van der Waals surface area contributed by atoms with E-state index in [2.05, 4.69) is 10.9 Å². The first-order valence-corrected chi connectivity index (χ1v) is 5.77. The molecule has 2 aromatic carbocycles. The SMILES string of the molecule is O=C(NNC(=O)c1cccc(O)c1)Oc1ccccc1. The smallest absolute Gasteiger partial charge is 0.431 e. The topological polar surface area (TPSA) is 87.7 Å². The van der Waals surface area contributed by atoms with Crippen LogP contribution in [0.15, 0.2) is 54.6 Å². The lowest BCUT2D eigenvalue weighted by Crippen LogP contribution is -2.43. The van der Waals surface area contributed by atoms with Gasteiger partial charge in [0, 0.05) is 5.56 Å². The second-order valence-electron chi connectivity index (χ2n) is 3.83. The number of amides is 2. The van der Waals surface area contributed by atoms with Crippen LogP contribution in [0.5, 0.6) is 11.5 Å². The van der Waals surface area contributed by atoms with Crippen molar-refractivity contribution in [2.24, 2.45) is 0 Å². The third-order valence-corrected chi connectivity index (χ3v) is 2.34. The van der Waals surface area contributed by atoms with E-state index in [-0.39, 0.29) is 11.3 Å². The van der Waals surface area contributed by atoms with Crippen LogP contribution in [0.2, 0.25) is 0 Å². The average Bonchev–Trinajstić information content (AvgIpc) is 2.46. The molecule has 0 bridgehead atoms. The van der Waals surface area contributed by atoms with Crippen molar-refractivity contribution < 1.29 is 19.4 Å². The molecule has 20 heavy (non-hydrogen) atoms. The molecule has 0 atom stereocenters. The second-order valence-corrected chi connectivity index (χ2v) is 3.83. The zero-order chi connectivity index (χ0) is 14.4. The van der Waals surface area contributed by atoms with Gasteiger partial charge in [0.1, 0.15) is 11.5 Å². The van der Waals surface area contributed by atoms with E-state index >= 15 is 0 Å². The van der Waals surface area contributed by atoms with Gasteiger partial charge in [-0.1, -0.05) is 24.3 Å². The molecule has 6 nitrogen and oxygen atoms in total. The van der Waals surface area contributed by atoms with E-state index in [0.29, 0.717) is 5.75 Å². The molecule has 0 aromatic heterocycles. The Hall–Kier alpha value is -3.02. The molecular weight excluding hydrogens is 260 g/mol. The van der Waals surface area contributed by atoms with Crippen LogP contribution in [0, 0.1) is 0 Å². The molecule has 0 radical (unpaired) electrons. The summed E-state index contributed by atoms with van der Waals surface area (Å²) in [6, 6.07) is 14.2. The molecule has 0 aliphatic rings. The quantitative estimate of drug-likeness (QED) is 0.728. The molecule has 2 aromatic rings. The number of aromatic hydroxyl groups is 1. The monoisotopic (exact) mass is 272 g/mol. The number of benzene rings is 2. The number of carbonyl (C=O) groups excluding carboxylic acids is 2. The van der Waals surface area contributed by atoms with Crippen molar-refractivity contribution in [3.05, 3.63) is 60.2 Å². The predicted molar refractivity (Wildman–Crippen MR) is 71.2 cm³/mol. The summed E-state index contributed by atoms with van der Waals surface area (Å²) in [4.78, 5) is 23.1. The van der Waals surface area contributed by atoms with Crippen molar-refractivity contribution in [1.82, 2.24) is 10.9 Å². The molecule has 0 fully saturated rings. The van der Waals surface area contributed by atoms with E-state index in [1.807, 2.05) is 0 Å². The van der Waals surface area contributed by atoms with Gasteiger partial charge in [0.25, 0.3) is 5.91 Å². The van der Waals surface area contributed by atoms with E-state index in [9.17, 15) is 14.7 Å². The van der Waals surface area contributed by atoms with Crippen molar-refractivity contribution in [1.29, 1.82) is 0 Å². The van der Waals surface area contributed by atoms with Crippen LogP contribution in [0.1, 0.15) is 10.4 Å². The Kier molecular flexibility index (Phi) is 4.18. The van der Waals surface area contributed by atoms with E-state index in [1.165, 1.54) is 24.3 Å². The first kappa shape index (κ1) is 13.4. The van der Waals surface area contributed by atoms with Crippen molar-refractivity contribution in [3.8, 4) is 11.5 Å². The average molecular weight is 272 g/mol. The van der Waals surface area contributed by atoms with Gasteiger partial charge in [-0.05, 0) is 30.3 Å². The van der Waals surface area contributed by atoms with Crippen molar-refractivity contribution in [2.75, 3.05) is 0 Å². The van der Waals surface area contributed by atoms with Gasteiger partial charge in [0.2, 0.25) is 0 Å². The summed E-state index contributed by atoms with van der Waals surface area (Å²) in [6.45, 7) is 0. The van der Waals surface area contributed by atoms with Crippen LogP contribution in [0.25, 0.3) is 0 Å². The highest BCUT2D eigenvalue weighted by Gasteiger charge is 2.08. The van der Waals surface area contributed by atoms with Crippen LogP contribution in [0.3, 0.4) is 0 Å². The highest BCUT2D eigenvalue weighted by Crippen LogP contribution is 2.10. The fraction of sp³-hybridized carbons (Fsp3) is 0. The highest BCUT2D eigenvalue weighted by atomic mass is 16.6. The van der Waals surface area contributed by atoms with Crippen molar-refractivity contribution in [3.63, 3.8) is 0 Å². The number of ether oxygens (including phenoxy) is 1. The lowest BCUT2D eigenvalue weighted by Gasteiger charge is -2.08. The number of carbonyl (C=O) groups is 2. The number of para-hydroxylation sites is 1. The minimum atomic E-state index is -0.815. The van der Waals surface area contributed by atoms with Crippen molar-refractivity contribution in [2.45, 2.75) is 0 Å². The van der Waals surface area contributed by atoms with Gasteiger partial charge in [-0.2, -0.15) is 0 Å². The number of phenolic OH excluding ortho intramolecular Hbond substituents is 1. The maximum Gasteiger partial charge on any atom is 0.431 e. The van der Waals surface area contributed by atoms with Gasteiger partial charge in [-0.25, -0.2) is 10.2 Å². The number of nitrogens with one attached hydrogen (secondary N) is 2. The fourth-order valence-corrected chi connectivity index (χ4v) is 1.45. The molecule has 0 aliphatic heterocycles. The zero-order valence-electron chi connectivity index (χ0n) is 10.4. The van der Waals surface area contributed by atoms with Crippen LogP contribution in [0.4, 0.5) is 4.79 Å². The van der Waals surface area contributed by atoms with Gasteiger partial charge in [0.05, 0.1) is 0 Å². The fourth-order valence-electron chi connectivity index (χ4n) is 1.45. The Morgan fingerprint density at radius 1 is 0.950 bits per heavy atom. The molecule has 3 N–H and O–H groups in total. The Morgan fingerprint density at radius 2 is 1.70 bits per heavy atom. The molecule has 102 valence electrons. The van der Waals surface area contributed by atoms with Crippen molar-refractivity contribution >= 4 is 12.0 Å². The Morgan fingerprint density at radius 3 is 2.40 bits per heavy atom. The highest BCUT2D eigenvalue weighted by molar-refractivity contribution is 5.95. The third-order valence-electron chi connectivity index (χ3n) is 2.34. The number of rotatable bonds is 2. The van der Waals surface area contributed by atoms with Crippen LogP contribution in [-0.4, -0.2) is 17.1 Å². The van der Waals surface area contributed by atoms with E-state index in [1.54, 1.807) is 30.3 Å². The molecule has 0 aliphatic carbocycles. The lowest BCUT2D eigenvalue weighted by atomic mass is 10.2. The van der Waals surface area contributed by atoms with E-state index in [4.69, 9.17) is 4.74 Å². The second kappa shape index (κ2) is 6.24. The summed E-state index contributed by atoms with van der Waals surface area (Å²) in [6.07, 6.45) is -0.815. The van der Waals surface area contributed by atoms with E-state index in [0.717, 1.165) is 0 Å². The standard InChI is InChI=1S/C14H12N2O4/c17-11-6-4-5-10(9-11)13(18)15-16-14(19)20-12-7-2-1-3-8-12/h1-9,17H,(H,15,18)(H,16,19). The molecule has 0 heterocycles. The Bertz CT molecular complexity index is 614. The summed E-state index contributed by atoms with van der Waals surface area (Å²) in [5, 5.41) is 9.24. The minimum Gasteiger partial charge on any atom is -0.508 e. The molecular formula is C14H12N2O4. The van der Waals surface area contributed by atoms with Crippen LogP contribution in [-0.2, 0) is 0 Å². The van der Waals surface area contributed by atoms with Gasteiger partial charge in [-0.3, -0.25) is 10.2 Å². The van der Waals surface area contributed by atoms with Gasteiger partial charge < -0.3 is 9.84 Å². The number of phenols is 1. The summed E-state index contributed by atoms with van der Waals surface area (Å²) >= 11 is 0. The molecule has 2 rings (SSSR count). The number of hydrogen-bond acceptors (Lipinski definition) is 4. The first-order valence-electron chi connectivity index (χ1n) is 5.77. The van der Waals surface area contributed by atoms with Gasteiger partial charge >= 0.3 is 6.09 Å². The molecule has 0 saturated carbocycles. The zero-order valence-corrected chi connectivity index (χ0v) is 10.4. The minimum absolute atomic E-state index is 0.0375. The predicted octanol–water partition coefficient (Wildman–Crippen LogP) is 1.83. The summed E-state index contributed by atoms with van der Waals surface area (Å²) in [7, 11) is 0. The normalized spacial score (nSPS) is 9.60. The van der Waals surface area contributed by atoms with Gasteiger partial charge in [0.15, 0.2) is 0 Å². The number of hydrogen-bond donors (Lipinski definition) is 3. The molecule has 6 heteroatoms. The molecule has 0 unspecified atom stereocenters. The summed E-state index contributed by atoms with van der Waals surface area (Å²) in [5.41, 5.74) is 4.49. The maximum absolute atomic E-state index is 11.7. The van der Waals surface area contributed by atoms with Crippen LogP contribution >= 0.6 is 0 Å². The lowest BCUT2D eigenvalue weighted by molar-refractivity contribution is 0.0928. The molecule has 0 saturated heterocycles. The maximum atomic E-state index is 11.7. The Labute approximate surface area is 115 Å².